The predicted octanol–water partition coefficient (Wildman–Crippen LogP) is 4.86. The summed E-state index contributed by atoms with van der Waals surface area (Å²) in [6, 6.07) is 1.68. The van der Waals surface area contributed by atoms with E-state index in [2.05, 4.69) is 10.3 Å². The van der Waals surface area contributed by atoms with Gasteiger partial charge >= 0.3 is 0 Å². The largest absolute Gasteiger partial charge is 0.373 e. The maximum Gasteiger partial charge on any atom is 0.150 e. The van der Waals surface area contributed by atoms with Crippen molar-refractivity contribution in [2.24, 2.45) is 0 Å². The molecule has 1 N–H and O–H groups in total. The molecule has 0 bridgehead atoms. The number of nitrogens with zero attached hydrogens (tertiary/aromatic N) is 1. The van der Waals surface area contributed by atoms with Crippen molar-refractivity contribution in [3.63, 3.8) is 0 Å². The Morgan fingerprint density at radius 3 is 2.53 bits per heavy atom. The second-order valence-corrected chi connectivity index (χ2v) is 6.10. The fourth-order valence-corrected chi connectivity index (χ4v) is 3.07. The summed E-state index contributed by atoms with van der Waals surface area (Å²) in [5.41, 5.74) is 0.947. The summed E-state index contributed by atoms with van der Waals surface area (Å²) in [4.78, 5) is 5.47. The van der Waals surface area contributed by atoms with Crippen LogP contribution in [0.15, 0.2) is 12.1 Å². The Bertz CT molecular complexity index is 590. The van der Waals surface area contributed by atoms with Gasteiger partial charge in [0.05, 0.1) is 27.5 Å². The summed E-state index contributed by atoms with van der Waals surface area (Å²) in [6.07, 6.45) is 0. The number of aromatic nitrogens is 1. The zero-order chi connectivity index (χ0) is 14.2. The molecular weight excluding hydrogens is 290 g/mol. The quantitative estimate of drug-likeness (QED) is 0.875. The van der Waals surface area contributed by atoms with Gasteiger partial charge in [-0.1, -0.05) is 11.6 Å². The van der Waals surface area contributed by atoms with Crippen LogP contribution in [0.1, 0.15) is 28.5 Å². The standard InChI is InChI=1S/C13H13ClF2N2S/c1-6(12-7(2)19-8(3)18-12)17-13-10(14)4-9(15)5-11(13)16/h4-6,17H,1-3H3. The Hall–Kier alpha value is -1.20. The molecule has 19 heavy (non-hydrogen) atoms. The second-order valence-electron chi connectivity index (χ2n) is 4.28. The van der Waals surface area contributed by atoms with Crippen LogP contribution in [0, 0.1) is 25.5 Å². The van der Waals surface area contributed by atoms with E-state index >= 15 is 0 Å². The normalized spacial score (nSPS) is 12.5. The van der Waals surface area contributed by atoms with Crippen molar-refractivity contribution in [3.8, 4) is 0 Å². The Kier molecular flexibility index (Phi) is 4.06. The van der Waals surface area contributed by atoms with Crippen molar-refractivity contribution < 1.29 is 8.78 Å². The van der Waals surface area contributed by atoms with Gasteiger partial charge in [0.15, 0.2) is 5.82 Å². The van der Waals surface area contributed by atoms with E-state index in [0.29, 0.717) is 0 Å². The Morgan fingerprint density at radius 2 is 2.00 bits per heavy atom. The molecule has 0 aliphatic heterocycles. The van der Waals surface area contributed by atoms with Crippen LogP contribution in [0.3, 0.4) is 0 Å². The van der Waals surface area contributed by atoms with Gasteiger partial charge in [0.25, 0.3) is 0 Å². The number of nitrogens with one attached hydrogen (secondary N) is 1. The number of anilines is 1. The van der Waals surface area contributed by atoms with E-state index in [1.54, 1.807) is 11.3 Å². The number of hydrogen-bond acceptors (Lipinski definition) is 3. The predicted molar refractivity (Wildman–Crippen MR) is 75.0 cm³/mol. The molecule has 0 aliphatic rings. The molecular formula is C13H13ClF2N2S. The third kappa shape index (κ3) is 3.04. The van der Waals surface area contributed by atoms with E-state index in [1.165, 1.54) is 0 Å². The first-order chi connectivity index (χ1) is 8.88. The zero-order valence-corrected chi connectivity index (χ0v) is 12.3. The van der Waals surface area contributed by atoms with Crippen LogP contribution in [0.25, 0.3) is 0 Å². The molecule has 1 aromatic heterocycles. The molecule has 1 atom stereocenters. The third-order valence-corrected chi connectivity index (χ3v) is 3.92. The zero-order valence-electron chi connectivity index (χ0n) is 10.7. The van der Waals surface area contributed by atoms with E-state index in [1.807, 2.05) is 20.8 Å². The fourth-order valence-electron chi connectivity index (χ4n) is 1.91. The van der Waals surface area contributed by atoms with Crippen LogP contribution >= 0.6 is 22.9 Å². The number of rotatable bonds is 3. The maximum absolute atomic E-state index is 13.7. The lowest BCUT2D eigenvalue weighted by Gasteiger charge is -2.16. The molecule has 2 rings (SSSR count). The van der Waals surface area contributed by atoms with E-state index in [4.69, 9.17) is 11.6 Å². The molecule has 0 fully saturated rings. The molecule has 0 amide bonds. The van der Waals surface area contributed by atoms with Crippen LogP contribution in [-0.2, 0) is 0 Å². The van der Waals surface area contributed by atoms with Gasteiger partial charge in [0, 0.05) is 10.9 Å². The number of thiazole rings is 1. The first-order valence-corrected chi connectivity index (χ1v) is 6.93. The van der Waals surface area contributed by atoms with E-state index in [0.717, 1.165) is 27.7 Å². The minimum absolute atomic E-state index is 0.0222. The first-order valence-electron chi connectivity index (χ1n) is 5.73. The van der Waals surface area contributed by atoms with Crippen molar-refractivity contribution in [2.75, 3.05) is 5.32 Å². The highest BCUT2D eigenvalue weighted by Crippen LogP contribution is 2.31. The Balaban J connectivity index is 2.29. The molecule has 0 radical (unpaired) electrons. The van der Waals surface area contributed by atoms with Gasteiger partial charge in [-0.2, -0.15) is 0 Å². The molecule has 2 aromatic rings. The average Bonchev–Trinajstić information content (AvgIpc) is 2.62. The van der Waals surface area contributed by atoms with E-state index in [-0.39, 0.29) is 16.8 Å². The van der Waals surface area contributed by atoms with Crippen molar-refractivity contribution in [3.05, 3.63) is 44.4 Å². The van der Waals surface area contributed by atoms with Gasteiger partial charge in [-0.05, 0) is 26.8 Å². The van der Waals surface area contributed by atoms with Crippen LogP contribution in [0.2, 0.25) is 5.02 Å². The summed E-state index contributed by atoms with van der Waals surface area (Å²) in [5.74, 6) is -1.40. The molecule has 0 saturated carbocycles. The second kappa shape index (κ2) is 5.43. The fraction of sp³-hybridized carbons (Fsp3) is 0.308. The molecule has 102 valence electrons. The lowest BCUT2D eigenvalue weighted by molar-refractivity contribution is 0.583. The number of aryl methyl sites for hydroxylation is 2. The number of benzene rings is 1. The highest BCUT2D eigenvalue weighted by Gasteiger charge is 2.17. The Morgan fingerprint density at radius 1 is 1.32 bits per heavy atom. The molecule has 2 nitrogen and oxygen atoms in total. The number of halogens is 3. The third-order valence-electron chi connectivity index (χ3n) is 2.72. The van der Waals surface area contributed by atoms with Crippen LogP contribution in [0.4, 0.5) is 14.5 Å². The molecule has 0 aliphatic carbocycles. The van der Waals surface area contributed by atoms with Crippen LogP contribution in [0.5, 0.6) is 0 Å². The first kappa shape index (κ1) is 14.2. The van der Waals surface area contributed by atoms with Crippen molar-refractivity contribution in [1.29, 1.82) is 0 Å². The van der Waals surface area contributed by atoms with Gasteiger partial charge in [0.2, 0.25) is 0 Å². The van der Waals surface area contributed by atoms with Gasteiger partial charge in [-0.15, -0.1) is 11.3 Å². The molecule has 6 heteroatoms. The highest BCUT2D eigenvalue weighted by molar-refractivity contribution is 7.11. The van der Waals surface area contributed by atoms with Gasteiger partial charge in [-0.3, -0.25) is 0 Å². The van der Waals surface area contributed by atoms with Crippen molar-refractivity contribution >= 4 is 28.6 Å². The summed E-state index contributed by atoms with van der Waals surface area (Å²) < 4.78 is 26.7. The minimum atomic E-state index is -0.707. The van der Waals surface area contributed by atoms with Crippen molar-refractivity contribution in [2.45, 2.75) is 26.8 Å². The molecule has 1 unspecified atom stereocenters. The maximum atomic E-state index is 13.7. The lowest BCUT2D eigenvalue weighted by Crippen LogP contribution is -2.10. The molecule has 1 heterocycles. The van der Waals surface area contributed by atoms with E-state index < -0.39 is 11.6 Å². The molecule has 0 saturated heterocycles. The summed E-state index contributed by atoms with van der Waals surface area (Å²) >= 11 is 7.43. The highest BCUT2D eigenvalue weighted by atomic mass is 35.5. The summed E-state index contributed by atoms with van der Waals surface area (Å²) in [5, 5.41) is 3.92. The van der Waals surface area contributed by atoms with Crippen molar-refractivity contribution in [1.82, 2.24) is 4.98 Å². The smallest absolute Gasteiger partial charge is 0.150 e. The summed E-state index contributed by atoms with van der Waals surface area (Å²) in [7, 11) is 0. The average molecular weight is 303 g/mol. The SMILES string of the molecule is Cc1nc(C(C)Nc2c(F)cc(F)cc2Cl)c(C)s1. The van der Waals surface area contributed by atoms with Gasteiger partial charge in [0.1, 0.15) is 5.82 Å². The van der Waals surface area contributed by atoms with Crippen LogP contribution in [-0.4, -0.2) is 4.98 Å². The monoisotopic (exact) mass is 302 g/mol. The topological polar surface area (TPSA) is 24.9 Å². The summed E-state index contributed by atoms with van der Waals surface area (Å²) in [6.45, 7) is 5.74. The van der Waals surface area contributed by atoms with E-state index in [9.17, 15) is 8.78 Å². The molecule has 1 aromatic carbocycles. The minimum Gasteiger partial charge on any atom is -0.373 e. The van der Waals surface area contributed by atoms with Gasteiger partial charge in [-0.25, -0.2) is 13.8 Å². The molecule has 0 spiro atoms. The van der Waals surface area contributed by atoms with Crippen LogP contribution < -0.4 is 5.32 Å². The van der Waals surface area contributed by atoms with Gasteiger partial charge < -0.3 is 5.32 Å². The Labute approximate surface area is 119 Å². The number of hydrogen-bond donors (Lipinski definition) is 1. The lowest BCUT2D eigenvalue weighted by atomic mass is 10.2.